The molecule has 1 aliphatic carbocycles. The molecule has 100 valence electrons. The SMILES string of the molecule is CC(C)C(C)N(C)c1ccnc(CNC2CC2)c1. The first-order chi connectivity index (χ1) is 8.58. The number of rotatable bonds is 6. The molecule has 1 atom stereocenters. The molecule has 1 aromatic rings. The topological polar surface area (TPSA) is 28.2 Å². The maximum absolute atomic E-state index is 4.44. The van der Waals surface area contributed by atoms with E-state index in [1.807, 2.05) is 6.20 Å². The van der Waals surface area contributed by atoms with Crippen LogP contribution in [0.4, 0.5) is 5.69 Å². The van der Waals surface area contributed by atoms with Gasteiger partial charge in [0.2, 0.25) is 0 Å². The van der Waals surface area contributed by atoms with Gasteiger partial charge in [-0.2, -0.15) is 0 Å². The van der Waals surface area contributed by atoms with Crippen molar-refractivity contribution in [1.82, 2.24) is 10.3 Å². The third kappa shape index (κ3) is 3.45. The van der Waals surface area contributed by atoms with Gasteiger partial charge in [0.15, 0.2) is 0 Å². The van der Waals surface area contributed by atoms with Gasteiger partial charge in [0.05, 0.1) is 5.69 Å². The average molecular weight is 247 g/mol. The Balaban J connectivity index is 2.00. The second kappa shape index (κ2) is 5.70. The van der Waals surface area contributed by atoms with Crippen LogP contribution in [-0.2, 0) is 6.54 Å². The van der Waals surface area contributed by atoms with E-state index >= 15 is 0 Å². The van der Waals surface area contributed by atoms with E-state index in [0.717, 1.165) is 18.3 Å². The maximum atomic E-state index is 4.44. The molecule has 1 unspecified atom stereocenters. The zero-order valence-corrected chi connectivity index (χ0v) is 12.0. The Bertz CT molecular complexity index is 385. The van der Waals surface area contributed by atoms with E-state index in [9.17, 15) is 0 Å². The Morgan fingerprint density at radius 1 is 1.39 bits per heavy atom. The highest BCUT2D eigenvalue weighted by Gasteiger charge is 2.20. The van der Waals surface area contributed by atoms with Crippen molar-refractivity contribution in [2.75, 3.05) is 11.9 Å². The summed E-state index contributed by atoms with van der Waals surface area (Å²) < 4.78 is 0. The smallest absolute Gasteiger partial charge is 0.0562 e. The number of anilines is 1. The standard InChI is InChI=1S/C15H25N3/c1-11(2)12(3)18(4)15-7-8-16-14(9-15)10-17-13-5-6-13/h7-9,11-13,17H,5-6,10H2,1-4H3. The molecular weight excluding hydrogens is 222 g/mol. The summed E-state index contributed by atoms with van der Waals surface area (Å²) in [6.07, 6.45) is 4.57. The lowest BCUT2D eigenvalue weighted by Crippen LogP contribution is -2.33. The molecule has 18 heavy (non-hydrogen) atoms. The first kappa shape index (κ1) is 13.3. The van der Waals surface area contributed by atoms with Gasteiger partial charge in [0, 0.05) is 37.6 Å². The number of nitrogens with one attached hydrogen (secondary N) is 1. The third-order valence-corrected chi connectivity index (χ3v) is 3.93. The molecule has 3 heteroatoms. The van der Waals surface area contributed by atoms with Crippen molar-refractivity contribution in [1.29, 1.82) is 0 Å². The molecule has 0 spiro atoms. The van der Waals surface area contributed by atoms with Crippen LogP contribution in [0.1, 0.15) is 39.3 Å². The van der Waals surface area contributed by atoms with Crippen LogP contribution < -0.4 is 10.2 Å². The minimum Gasteiger partial charge on any atom is -0.372 e. The Morgan fingerprint density at radius 3 is 2.72 bits per heavy atom. The molecule has 0 saturated heterocycles. The van der Waals surface area contributed by atoms with Gasteiger partial charge < -0.3 is 10.2 Å². The Morgan fingerprint density at radius 2 is 2.11 bits per heavy atom. The highest BCUT2D eigenvalue weighted by molar-refractivity contribution is 5.46. The van der Waals surface area contributed by atoms with Crippen LogP contribution in [-0.4, -0.2) is 24.1 Å². The summed E-state index contributed by atoms with van der Waals surface area (Å²) in [5.74, 6) is 0.649. The lowest BCUT2D eigenvalue weighted by atomic mass is 10.0. The predicted molar refractivity (Wildman–Crippen MR) is 76.8 cm³/mol. The van der Waals surface area contributed by atoms with Crippen molar-refractivity contribution in [2.45, 2.75) is 52.2 Å². The minimum absolute atomic E-state index is 0.539. The van der Waals surface area contributed by atoms with Gasteiger partial charge in [-0.1, -0.05) is 13.8 Å². The van der Waals surface area contributed by atoms with Crippen LogP contribution in [0.25, 0.3) is 0 Å². The summed E-state index contributed by atoms with van der Waals surface area (Å²) in [7, 11) is 2.16. The van der Waals surface area contributed by atoms with Crippen LogP contribution in [0.2, 0.25) is 0 Å². The van der Waals surface area contributed by atoms with E-state index in [0.29, 0.717) is 12.0 Å². The van der Waals surface area contributed by atoms with Gasteiger partial charge in [-0.3, -0.25) is 4.98 Å². The summed E-state index contributed by atoms with van der Waals surface area (Å²) in [5, 5.41) is 3.51. The van der Waals surface area contributed by atoms with E-state index in [4.69, 9.17) is 0 Å². The molecule has 0 radical (unpaired) electrons. The normalized spacial score (nSPS) is 16.9. The zero-order valence-electron chi connectivity index (χ0n) is 12.0. The van der Waals surface area contributed by atoms with E-state index < -0.39 is 0 Å². The van der Waals surface area contributed by atoms with Gasteiger partial charge in [0.25, 0.3) is 0 Å². The molecule has 1 saturated carbocycles. The van der Waals surface area contributed by atoms with Crippen molar-refractivity contribution in [3.8, 4) is 0 Å². The molecule has 1 N–H and O–H groups in total. The Kier molecular flexibility index (Phi) is 4.23. The molecule has 0 aliphatic heterocycles. The van der Waals surface area contributed by atoms with E-state index in [1.54, 1.807) is 0 Å². The summed E-state index contributed by atoms with van der Waals surface area (Å²) >= 11 is 0. The maximum Gasteiger partial charge on any atom is 0.0562 e. The van der Waals surface area contributed by atoms with Crippen molar-refractivity contribution >= 4 is 5.69 Å². The molecule has 1 heterocycles. The second-order valence-corrected chi connectivity index (χ2v) is 5.76. The van der Waals surface area contributed by atoms with Crippen molar-refractivity contribution in [2.24, 2.45) is 5.92 Å². The lowest BCUT2D eigenvalue weighted by Gasteiger charge is -2.30. The van der Waals surface area contributed by atoms with Crippen LogP contribution >= 0.6 is 0 Å². The fraction of sp³-hybridized carbons (Fsp3) is 0.667. The molecule has 0 amide bonds. The molecule has 3 nitrogen and oxygen atoms in total. The summed E-state index contributed by atoms with van der Waals surface area (Å²) in [4.78, 5) is 6.78. The monoisotopic (exact) mass is 247 g/mol. The minimum atomic E-state index is 0.539. The average Bonchev–Trinajstić information content (AvgIpc) is 3.19. The fourth-order valence-corrected chi connectivity index (χ4v) is 2.00. The second-order valence-electron chi connectivity index (χ2n) is 5.76. The van der Waals surface area contributed by atoms with Crippen molar-refractivity contribution in [3.05, 3.63) is 24.0 Å². The van der Waals surface area contributed by atoms with Gasteiger partial charge in [-0.05, 0) is 37.8 Å². The molecule has 0 aromatic carbocycles. The quantitative estimate of drug-likeness (QED) is 0.838. The number of nitrogens with zero attached hydrogens (tertiary/aromatic N) is 2. The first-order valence-corrected chi connectivity index (χ1v) is 6.99. The number of hydrogen-bond acceptors (Lipinski definition) is 3. The molecule has 2 rings (SSSR count). The highest BCUT2D eigenvalue weighted by Crippen LogP contribution is 2.21. The number of hydrogen-bond donors (Lipinski definition) is 1. The summed E-state index contributed by atoms with van der Waals surface area (Å²) in [6.45, 7) is 7.69. The van der Waals surface area contributed by atoms with E-state index in [2.05, 4.69) is 55.2 Å². The van der Waals surface area contributed by atoms with Gasteiger partial charge >= 0.3 is 0 Å². The van der Waals surface area contributed by atoms with E-state index in [-0.39, 0.29) is 0 Å². The van der Waals surface area contributed by atoms with Gasteiger partial charge in [0.1, 0.15) is 0 Å². The fourth-order valence-electron chi connectivity index (χ4n) is 2.00. The lowest BCUT2D eigenvalue weighted by molar-refractivity contribution is 0.505. The van der Waals surface area contributed by atoms with Crippen LogP contribution in [0, 0.1) is 5.92 Å². The number of pyridine rings is 1. The molecule has 1 aliphatic rings. The van der Waals surface area contributed by atoms with Gasteiger partial charge in [-0.15, -0.1) is 0 Å². The van der Waals surface area contributed by atoms with Crippen LogP contribution in [0.3, 0.4) is 0 Å². The van der Waals surface area contributed by atoms with Crippen molar-refractivity contribution in [3.63, 3.8) is 0 Å². The summed E-state index contributed by atoms with van der Waals surface area (Å²) in [5.41, 5.74) is 2.40. The zero-order chi connectivity index (χ0) is 13.1. The molecule has 1 aromatic heterocycles. The molecular formula is C15H25N3. The number of aromatic nitrogens is 1. The van der Waals surface area contributed by atoms with Crippen LogP contribution in [0.5, 0.6) is 0 Å². The molecule has 1 fully saturated rings. The van der Waals surface area contributed by atoms with Gasteiger partial charge in [-0.25, -0.2) is 0 Å². The highest BCUT2D eigenvalue weighted by atomic mass is 15.1. The summed E-state index contributed by atoms with van der Waals surface area (Å²) in [6, 6.07) is 5.58. The Labute approximate surface area is 111 Å². The van der Waals surface area contributed by atoms with Crippen LogP contribution in [0.15, 0.2) is 18.3 Å². The molecule has 0 bridgehead atoms. The largest absolute Gasteiger partial charge is 0.372 e. The van der Waals surface area contributed by atoms with E-state index in [1.165, 1.54) is 18.5 Å². The first-order valence-electron chi connectivity index (χ1n) is 6.99. The van der Waals surface area contributed by atoms with Crippen molar-refractivity contribution < 1.29 is 0 Å². The Hall–Kier alpha value is -1.09. The third-order valence-electron chi connectivity index (χ3n) is 3.93. The predicted octanol–water partition coefficient (Wildman–Crippen LogP) is 2.81.